The summed E-state index contributed by atoms with van der Waals surface area (Å²) in [6, 6.07) is 9.24. The van der Waals surface area contributed by atoms with Gasteiger partial charge in [0.2, 0.25) is 5.88 Å². The van der Waals surface area contributed by atoms with Crippen molar-refractivity contribution in [2.24, 2.45) is 0 Å². The predicted molar refractivity (Wildman–Crippen MR) is 79.6 cm³/mol. The number of ether oxygens (including phenoxy) is 1. The van der Waals surface area contributed by atoms with Crippen molar-refractivity contribution in [3.63, 3.8) is 0 Å². The molecular weight excluding hydrogens is 274 g/mol. The molecule has 5 heteroatoms. The highest BCUT2D eigenvalue weighted by Crippen LogP contribution is 2.29. The molecule has 0 N–H and O–H groups in total. The molecule has 0 radical (unpaired) electrons. The van der Waals surface area contributed by atoms with Gasteiger partial charge in [-0.25, -0.2) is 9.97 Å². The van der Waals surface area contributed by atoms with Gasteiger partial charge in [-0.3, -0.25) is 0 Å². The molecule has 2 aromatic rings. The summed E-state index contributed by atoms with van der Waals surface area (Å²) < 4.78 is 5.73. The van der Waals surface area contributed by atoms with Crippen LogP contribution in [0.1, 0.15) is 19.3 Å². The van der Waals surface area contributed by atoms with Crippen molar-refractivity contribution >= 4 is 17.4 Å². The number of aromatic nitrogens is 2. The first kappa shape index (κ1) is 13.2. The molecule has 1 aromatic carbocycles. The van der Waals surface area contributed by atoms with E-state index >= 15 is 0 Å². The second kappa shape index (κ2) is 6.09. The van der Waals surface area contributed by atoms with E-state index in [2.05, 4.69) is 14.9 Å². The standard InChI is InChI=1S/C15H16ClN3O/c16-12-6-2-3-7-13(12)20-15-10-14(17-11-18-15)19-8-4-1-5-9-19/h2-3,6-7,10-11H,1,4-5,8-9H2. The summed E-state index contributed by atoms with van der Waals surface area (Å²) in [6.07, 6.45) is 5.26. The van der Waals surface area contributed by atoms with Crippen molar-refractivity contribution in [3.05, 3.63) is 41.7 Å². The summed E-state index contributed by atoms with van der Waals surface area (Å²) >= 11 is 6.08. The van der Waals surface area contributed by atoms with Crippen LogP contribution in [-0.4, -0.2) is 23.1 Å². The molecule has 3 rings (SSSR count). The SMILES string of the molecule is Clc1ccccc1Oc1cc(N2CCCCC2)ncn1. The molecule has 1 saturated heterocycles. The molecular formula is C15H16ClN3O. The maximum Gasteiger partial charge on any atom is 0.224 e. The monoisotopic (exact) mass is 289 g/mol. The molecule has 0 atom stereocenters. The number of piperidine rings is 1. The predicted octanol–water partition coefficient (Wildman–Crippen LogP) is 3.91. The van der Waals surface area contributed by atoms with Gasteiger partial charge >= 0.3 is 0 Å². The summed E-state index contributed by atoms with van der Waals surface area (Å²) in [5.74, 6) is 2.05. The highest BCUT2D eigenvalue weighted by Gasteiger charge is 2.13. The molecule has 0 unspecified atom stereocenters. The first-order chi connectivity index (χ1) is 9.83. The van der Waals surface area contributed by atoms with E-state index in [1.54, 1.807) is 6.07 Å². The molecule has 1 aliphatic heterocycles. The maximum absolute atomic E-state index is 6.08. The number of anilines is 1. The normalized spacial score (nSPS) is 15.2. The van der Waals surface area contributed by atoms with Gasteiger partial charge in [-0.15, -0.1) is 0 Å². The minimum atomic E-state index is 0.522. The van der Waals surface area contributed by atoms with Gasteiger partial charge in [-0.1, -0.05) is 23.7 Å². The fourth-order valence-electron chi connectivity index (χ4n) is 2.32. The van der Waals surface area contributed by atoms with Gasteiger partial charge in [0.25, 0.3) is 0 Å². The molecule has 1 fully saturated rings. The zero-order valence-electron chi connectivity index (χ0n) is 11.1. The van der Waals surface area contributed by atoms with Gasteiger partial charge in [0.05, 0.1) is 5.02 Å². The molecule has 1 aliphatic rings. The highest BCUT2D eigenvalue weighted by molar-refractivity contribution is 6.32. The van der Waals surface area contributed by atoms with E-state index in [9.17, 15) is 0 Å². The summed E-state index contributed by atoms with van der Waals surface area (Å²) in [5.41, 5.74) is 0. The second-order valence-electron chi connectivity index (χ2n) is 4.79. The van der Waals surface area contributed by atoms with E-state index in [0.29, 0.717) is 16.7 Å². The number of rotatable bonds is 3. The van der Waals surface area contributed by atoms with Crippen molar-refractivity contribution in [1.82, 2.24) is 9.97 Å². The van der Waals surface area contributed by atoms with E-state index in [4.69, 9.17) is 16.3 Å². The Balaban J connectivity index is 1.79. The van der Waals surface area contributed by atoms with Crippen LogP contribution < -0.4 is 9.64 Å². The zero-order valence-corrected chi connectivity index (χ0v) is 11.9. The topological polar surface area (TPSA) is 38.2 Å². The van der Waals surface area contributed by atoms with Gasteiger partial charge in [0, 0.05) is 19.2 Å². The van der Waals surface area contributed by atoms with E-state index in [-0.39, 0.29) is 0 Å². The van der Waals surface area contributed by atoms with Crippen LogP contribution in [0.15, 0.2) is 36.7 Å². The van der Waals surface area contributed by atoms with Crippen LogP contribution in [0.2, 0.25) is 5.02 Å². The van der Waals surface area contributed by atoms with Crippen molar-refractivity contribution in [2.45, 2.75) is 19.3 Å². The first-order valence-electron chi connectivity index (χ1n) is 6.82. The molecule has 0 amide bonds. The Morgan fingerprint density at radius 1 is 1.05 bits per heavy atom. The van der Waals surface area contributed by atoms with Crippen LogP contribution in [0.4, 0.5) is 5.82 Å². The quantitative estimate of drug-likeness (QED) is 0.858. The summed E-state index contributed by atoms with van der Waals surface area (Å²) in [4.78, 5) is 10.7. The number of para-hydroxylation sites is 1. The number of benzene rings is 1. The van der Waals surface area contributed by atoms with E-state index < -0.39 is 0 Å². The molecule has 0 spiro atoms. The summed E-state index contributed by atoms with van der Waals surface area (Å²) in [6.45, 7) is 2.09. The number of halogens is 1. The Hall–Kier alpha value is -1.81. The lowest BCUT2D eigenvalue weighted by Gasteiger charge is -2.27. The van der Waals surface area contributed by atoms with E-state index in [1.807, 2.05) is 24.3 Å². The molecule has 0 saturated carbocycles. The third-order valence-electron chi connectivity index (χ3n) is 3.36. The van der Waals surface area contributed by atoms with Crippen LogP contribution >= 0.6 is 11.6 Å². The molecule has 2 heterocycles. The van der Waals surface area contributed by atoms with Crippen LogP contribution in [0.5, 0.6) is 11.6 Å². The number of hydrogen-bond donors (Lipinski definition) is 0. The minimum absolute atomic E-state index is 0.522. The van der Waals surface area contributed by atoms with Crippen molar-refractivity contribution in [3.8, 4) is 11.6 Å². The van der Waals surface area contributed by atoms with Crippen LogP contribution in [0.25, 0.3) is 0 Å². The van der Waals surface area contributed by atoms with Gasteiger partial charge in [-0.05, 0) is 31.4 Å². The third kappa shape index (κ3) is 3.02. The third-order valence-corrected chi connectivity index (χ3v) is 3.67. The van der Waals surface area contributed by atoms with Gasteiger partial charge in [0.1, 0.15) is 17.9 Å². The smallest absolute Gasteiger partial charge is 0.224 e. The van der Waals surface area contributed by atoms with Crippen LogP contribution in [0.3, 0.4) is 0 Å². The molecule has 104 valence electrons. The zero-order chi connectivity index (χ0) is 13.8. The Morgan fingerprint density at radius 3 is 2.65 bits per heavy atom. The average Bonchev–Trinajstić information content (AvgIpc) is 2.51. The van der Waals surface area contributed by atoms with Crippen LogP contribution in [-0.2, 0) is 0 Å². The Bertz CT molecular complexity index is 585. The molecule has 1 aromatic heterocycles. The Morgan fingerprint density at radius 2 is 1.85 bits per heavy atom. The Labute approximate surface area is 123 Å². The number of nitrogens with zero attached hydrogens (tertiary/aromatic N) is 3. The van der Waals surface area contributed by atoms with Gasteiger partial charge in [-0.2, -0.15) is 0 Å². The van der Waals surface area contributed by atoms with Crippen molar-refractivity contribution < 1.29 is 4.74 Å². The fraction of sp³-hybridized carbons (Fsp3) is 0.333. The lowest BCUT2D eigenvalue weighted by atomic mass is 10.1. The van der Waals surface area contributed by atoms with Gasteiger partial charge in [0.15, 0.2) is 0 Å². The minimum Gasteiger partial charge on any atom is -0.437 e. The van der Waals surface area contributed by atoms with Crippen molar-refractivity contribution in [1.29, 1.82) is 0 Å². The second-order valence-corrected chi connectivity index (χ2v) is 5.20. The van der Waals surface area contributed by atoms with Crippen LogP contribution in [0, 0.1) is 0 Å². The lowest BCUT2D eigenvalue weighted by Crippen LogP contribution is -2.30. The summed E-state index contributed by atoms with van der Waals surface area (Å²) in [7, 11) is 0. The van der Waals surface area contributed by atoms with E-state index in [0.717, 1.165) is 18.9 Å². The molecule has 0 bridgehead atoms. The first-order valence-corrected chi connectivity index (χ1v) is 7.20. The largest absolute Gasteiger partial charge is 0.437 e. The summed E-state index contributed by atoms with van der Waals surface area (Å²) in [5, 5.41) is 0.575. The highest BCUT2D eigenvalue weighted by atomic mass is 35.5. The average molecular weight is 290 g/mol. The van der Waals surface area contributed by atoms with E-state index in [1.165, 1.54) is 25.6 Å². The van der Waals surface area contributed by atoms with Crippen molar-refractivity contribution in [2.75, 3.05) is 18.0 Å². The number of hydrogen-bond acceptors (Lipinski definition) is 4. The lowest BCUT2D eigenvalue weighted by molar-refractivity contribution is 0.461. The van der Waals surface area contributed by atoms with Gasteiger partial charge < -0.3 is 9.64 Å². The fourth-order valence-corrected chi connectivity index (χ4v) is 2.50. The molecule has 20 heavy (non-hydrogen) atoms. The molecule has 0 aliphatic carbocycles. The Kier molecular flexibility index (Phi) is 4.02. The maximum atomic E-state index is 6.08. The molecule has 4 nitrogen and oxygen atoms in total.